The quantitative estimate of drug-likeness (QED) is 0.855. The van der Waals surface area contributed by atoms with E-state index in [2.05, 4.69) is 5.32 Å². The van der Waals surface area contributed by atoms with E-state index in [0.29, 0.717) is 6.61 Å². The van der Waals surface area contributed by atoms with Crippen molar-refractivity contribution in [2.24, 2.45) is 0 Å². The minimum absolute atomic E-state index is 0.0300. The molecule has 0 aliphatic carbocycles. The van der Waals surface area contributed by atoms with Crippen molar-refractivity contribution in [1.29, 1.82) is 0 Å². The van der Waals surface area contributed by atoms with Crippen LogP contribution in [0.5, 0.6) is 0 Å². The number of carbonyl (C=O) groups excluding carboxylic acids is 1. The molecule has 1 atom stereocenters. The summed E-state index contributed by atoms with van der Waals surface area (Å²) in [6.07, 6.45) is 1.16. The van der Waals surface area contributed by atoms with Crippen molar-refractivity contribution in [3.05, 3.63) is 29.8 Å². The summed E-state index contributed by atoms with van der Waals surface area (Å²) in [5.74, 6) is -0.193. The van der Waals surface area contributed by atoms with Crippen LogP contribution in [-0.4, -0.2) is 33.8 Å². The summed E-state index contributed by atoms with van der Waals surface area (Å²) in [5.41, 5.74) is 0.845. The van der Waals surface area contributed by atoms with Gasteiger partial charge in [-0.2, -0.15) is 0 Å². The van der Waals surface area contributed by atoms with Gasteiger partial charge < -0.3 is 10.1 Å². The second-order valence-electron chi connectivity index (χ2n) is 4.27. The monoisotopic (exact) mass is 285 g/mol. The zero-order valence-corrected chi connectivity index (χ0v) is 12.2. The Morgan fingerprint density at radius 2 is 1.89 bits per heavy atom. The maximum absolute atomic E-state index is 11.5. The first-order valence-electron chi connectivity index (χ1n) is 6.01. The van der Waals surface area contributed by atoms with Crippen LogP contribution in [0.4, 0.5) is 0 Å². The smallest absolute Gasteiger partial charge is 0.246 e. The van der Waals surface area contributed by atoms with Gasteiger partial charge in [-0.3, -0.25) is 4.79 Å². The molecule has 5 nitrogen and oxygen atoms in total. The molecule has 0 fully saturated rings. The molecule has 0 saturated carbocycles. The second kappa shape index (κ2) is 6.68. The number of hydrogen-bond acceptors (Lipinski definition) is 4. The summed E-state index contributed by atoms with van der Waals surface area (Å²) < 4.78 is 27.7. The van der Waals surface area contributed by atoms with Crippen LogP contribution in [0, 0.1) is 0 Å². The van der Waals surface area contributed by atoms with E-state index in [-0.39, 0.29) is 23.5 Å². The third-order valence-electron chi connectivity index (χ3n) is 2.62. The van der Waals surface area contributed by atoms with Crippen LogP contribution in [0.3, 0.4) is 0 Å². The van der Waals surface area contributed by atoms with Crippen LogP contribution in [0.2, 0.25) is 0 Å². The summed E-state index contributed by atoms with van der Waals surface area (Å²) in [6.45, 7) is 4.17. The van der Waals surface area contributed by atoms with Crippen LogP contribution < -0.4 is 5.32 Å². The van der Waals surface area contributed by atoms with Crippen LogP contribution >= 0.6 is 0 Å². The minimum atomic E-state index is -3.19. The number of sulfone groups is 1. The standard InChI is InChI=1S/C13H19NO4S/c1-4-18-9-13(15)14-10(2)11-5-7-12(8-6-11)19(3,16)17/h5-8,10H,4,9H2,1-3H3,(H,14,15). The fourth-order valence-corrected chi connectivity index (χ4v) is 2.20. The molecule has 0 radical (unpaired) electrons. The molecule has 1 aromatic carbocycles. The number of hydrogen-bond donors (Lipinski definition) is 1. The first-order valence-corrected chi connectivity index (χ1v) is 7.91. The van der Waals surface area contributed by atoms with E-state index < -0.39 is 9.84 Å². The molecule has 1 rings (SSSR count). The van der Waals surface area contributed by atoms with Crippen LogP contribution in [0.25, 0.3) is 0 Å². The summed E-state index contributed by atoms with van der Waals surface area (Å²) in [7, 11) is -3.19. The maximum atomic E-state index is 11.5. The van der Waals surface area contributed by atoms with Gasteiger partial charge in [0.05, 0.1) is 10.9 Å². The zero-order chi connectivity index (χ0) is 14.5. The molecule has 0 heterocycles. The van der Waals surface area contributed by atoms with Crippen LogP contribution in [0.15, 0.2) is 29.2 Å². The highest BCUT2D eigenvalue weighted by molar-refractivity contribution is 7.90. The van der Waals surface area contributed by atoms with Gasteiger partial charge in [0, 0.05) is 12.9 Å². The fraction of sp³-hybridized carbons (Fsp3) is 0.462. The molecule has 0 bridgehead atoms. The van der Waals surface area contributed by atoms with Crippen molar-refractivity contribution in [3.63, 3.8) is 0 Å². The van der Waals surface area contributed by atoms with Crippen molar-refractivity contribution >= 4 is 15.7 Å². The Morgan fingerprint density at radius 3 is 2.37 bits per heavy atom. The lowest BCUT2D eigenvalue weighted by atomic mass is 10.1. The van der Waals surface area contributed by atoms with Gasteiger partial charge in [0.2, 0.25) is 5.91 Å². The molecule has 0 aromatic heterocycles. The van der Waals surface area contributed by atoms with Gasteiger partial charge in [-0.15, -0.1) is 0 Å². The van der Waals surface area contributed by atoms with E-state index in [1.165, 1.54) is 12.1 Å². The normalized spacial score (nSPS) is 13.0. The van der Waals surface area contributed by atoms with Gasteiger partial charge in [0.15, 0.2) is 9.84 Å². The van der Waals surface area contributed by atoms with Gasteiger partial charge in [0.25, 0.3) is 0 Å². The number of benzene rings is 1. The highest BCUT2D eigenvalue weighted by atomic mass is 32.2. The third kappa shape index (κ3) is 5.00. The van der Waals surface area contributed by atoms with Crippen molar-refractivity contribution in [2.45, 2.75) is 24.8 Å². The molecule has 0 aliphatic rings. The van der Waals surface area contributed by atoms with Crippen LogP contribution in [-0.2, 0) is 19.4 Å². The molecular formula is C13H19NO4S. The predicted octanol–water partition coefficient (Wildman–Crippen LogP) is 1.30. The molecule has 0 saturated heterocycles. The number of carbonyl (C=O) groups is 1. The van der Waals surface area contributed by atoms with E-state index in [1.54, 1.807) is 12.1 Å². The molecule has 19 heavy (non-hydrogen) atoms. The first-order chi connectivity index (χ1) is 8.84. The number of rotatable bonds is 6. The first kappa shape index (κ1) is 15.7. The summed E-state index contributed by atoms with van der Waals surface area (Å²) in [5, 5.41) is 2.78. The zero-order valence-electron chi connectivity index (χ0n) is 11.3. The van der Waals surface area contributed by atoms with E-state index in [9.17, 15) is 13.2 Å². The average Bonchev–Trinajstić information content (AvgIpc) is 2.35. The molecule has 1 unspecified atom stereocenters. The fourth-order valence-electron chi connectivity index (χ4n) is 1.56. The second-order valence-corrected chi connectivity index (χ2v) is 6.28. The van der Waals surface area contributed by atoms with Gasteiger partial charge >= 0.3 is 0 Å². The van der Waals surface area contributed by atoms with Crippen molar-refractivity contribution < 1.29 is 17.9 Å². The van der Waals surface area contributed by atoms with E-state index in [1.807, 2.05) is 13.8 Å². The number of nitrogens with one attached hydrogen (secondary N) is 1. The lowest BCUT2D eigenvalue weighted by Crippen LogP contribution is -2.30. The highest BCUT2D eigenvalue weighted by Crippen LogP contribution is 2.16. The topological polar surface area (TPSA) is 72.5 Å². The molecule has 6 heteroatoms. The van der Waals surface area contributed by atoms with Gasteiger partial charge in [-0.1, -0.05) is 12.1 Å². The Balaban J connectivity index is 2.68. The Kier molecular flexibility index (Phi) is 5.50. The van der Waals surface area contributed by atoms with Gasteiger partial charge in [0.1, 0.15) is 6.61 Å². The highest BCUT2D eigenvalue weighted by Gasteiger charge is 2.11. The summed E-state index contributed by atoms with van der Waals surface area (Å²) in [4.78, 5) is 11.7. The molecule has 1 amide bonds. The molecule has 106 valence electrons. The van der Waals surface area contributed by atoms with Gasteiger partial charge in [-0.05, 0) is 31.5 Å². The van der Waals surface area contributed by atoms with Crippen molar-refractivity contribution in [1.82, 2.24) is 5.32 Å². The Hall–Kier alpha value is -1.40. The molecule has 0 spiro atoms. The largest absolute Gasteiger partial charge is 0.372 e. The third-order valence-corrected chi connectivity index (χ3v) is 3.75. The average molecular weight is 285 g/mol. The predicted molar refractivity (Wildman–Crippen MR) is 72.6 cm³/mol. The van der Waals surface area contributed by atoms with Crippen molar-refractivity contribution in [3.8, 4) is 0 Å². The van der Waals surface area contributed by atoms with Crippen molar-refractivity contribution in [2.75, 3.05) is 19.5 Å². The maximum Gasteiger partial charge on any atom is 0.246 e. The molecule has 1 N–H and O–H groups in total. The number of amides is 1. The minimum Gasteiger partial charge on any atom is -0.372 e. The van der Waals surface area contributed by atoms with Crippen LogP contribution in [0.1, 0.15) is 25.5 Å². The lowest BCUT2D eigenvalue weighted by molar-refractivity contribution is -0.126. The number of ether oxygens (including phenoxy) is 1. The molecule has 0 aliphatic heterocycles. The van der Waals surface area contributed by atoms with E-state index in [0.717, 1.165) is 11.8 Å². The molecular weight excluding hydrogens is 266 g/mol. The lowest BCUT2D eigenvalue weighted by Gasteiger charge is -2.14. The van der Waals surface area contributed by atoms with E-state index >= 15 is 0 Å². The Labute approximate surface area is 113 Å². The Morgan fingerprint density at radius 1 is 1.32 bits per heavy atom. The van der Waals surface area contributed by atoms with E-state index in [4.69, 9.17) is 4.74 Å². The Bertz CT molecular complexity index is 522. The van der Waals surface area contributed by atoms with Gasteiger partial charge in [-0.25, -0.2) is 8.42 Å². The molecule has 1 aromatic rings. The SMILES string of the molecule is CCOCC(=O)NC(C)c1ccc(S(C)(=O)=O)cc1. The summed E-state index contributed by atoms with van der Waals surface area (Å²) in [6, 6.07) is 6.28. The summed E-state index contributed by atoms with van der Waals surface area (Å²) >= 11 is 0.